The Balaban J connectivity index is 0.000000182. The minimum Gasteiger partial charge on any atom is -0.493 e. The van der Waals surface area contributed by atoms with E-state index >= 15 is 0 Å². The van der Waals surface area contributed by atoms with Gasteiger partial charge < -0.3 is 33.7 Å². The summed E-state index contributed by atoms with van der Waals surface area (Å²) in [7, 11) is 0. The number of nitriles is 1. The maximum Gasteiger partial charge on any atom is 0.137 e. The van der Waals surface area contributed by atoms with Crippen molar-refractivity contribution in [1.29, 1.82) is 5.26 Å². The summed E-state index contributed by atoms with van der Waals surface area (Å²) in [5.41, 5.74) is 6.08. The number of hydrogen-bond acceptors (Lipinski definition) is 6. The molecule has 0 unspecified atom stereocenters. The molecule has 2 N–H and O–H groups in total. The number of nitrogens with zero attached hydrogens (tertiary/aromatic N) is 1. The summed E-state index contributed by atoms with van der Waals surface area (Å²) >= 11 is 9.33. The highest BCUT2D eigenvalue weighted by molar-refractivity contribution is 9.10. The van der Waals surface area contributed by atoms with Crippen LogP contribution in [0.15, 0.2) is 162 Å². The van der Waals surface area contributed by atoms with Crippen LogP contribution >= 0.6 is 27.5 Å². The van der Waals surface area contributed by atoms with Gasteiger partial charge >= 0.3 is 0 Å². The predicted molar refractivity (Wildman–Crippen MR) is 333 cm³/mol. The fourth-order valence-electron chi connectivity index (χ4n) is 7.17. The maximum atomic E-state index is 8.68. The van der Waals surface area contributed by atoms with Crippen LogP contribution in [-0.2, 0) is 0 Å². The Morgan fingerprint density at radius 1 is 0.397 bits per heavy atom. The second-order valence-corrected chi connectivity index (χ2v) is 26.8. The van der Waals surface area contributed by atoms with Gasteiger partial charge in [0.15, 0.2) is 0 Å². The molecule has 0 bridgehead atoms. The highest BCUT2D eigenvalue weighted by Crippen LogP contribution is 2.34. The monoisotopic (exact) mass is 1140 g/mol. The molecular formula is C68H83BrClN3O5. The molecule has 2 heterocycles. The third kappa shape index (κ3) is 22.0. The smallest absolute Gasteiger partial charge is 0.137 e. The lowest BCUT2D eigenvalue weighted by atomic mass is 9.98. The Hall–Kier alpha value is -6.60. The van der Waals surface area contributed by atoms with Crippen molar-refractivity contribution < 1.29 is 23.7 Å². The molecule has 7 aromatic carbocycles. The number of ether oxygens (including phenoxy) is 5. The molecule has 0 aliphatic rings. The molecule has 0 aliphatic carbocycles. The quantitative estimate of drug-likeness (QED) is 0.141. The number of rotatable bonds is 10. The molecule has 8 nitrogen and oxygen atoms in total. The third-order valence-electron chi connectivity index (χ3n) is 10.9. The van der Waals surface area contributed by atoms with Crippen molar-refractivity contribution in [2.45, 2.75) is 104 Å². The molecule has 0 saturated heterocycles. The van der Waals surface area contributed by atoms with Crippen molar-refractivity contribution >= 4 is 71.1 Å². The number of hydrogen-bond donors (Lipinski definition) is 2. The van der Waals surface area contributed by atoms with Gasteiger partial charge in [0, 0.05) is 43.1 Å². The van der Waals surface area contributed by atoms with Crippen molar-refractivity contribution in [3.8, 4) is 34.8 Å². The van der Waals surface area contributed by atoms with E-state index in [9.17, 15) is 0 Å². The van der Waals surface area contributed by atoms with Gasteiger partial charge in [-0.25, -0.2) is 0 Å². The number of benzene rings is 7. The third-order valence-corrected chi connectivity index (χ3v) is 11.7. The van der Waals surface area contributed by atoms with Crippen LogP contribution in [-0.4, -0.2) is 43.0 Å². The minimum absolute atomic E-state index is 0.142. The Labute approximate surface area is 478 Å². The topological polar surface area (TPSA) is 102 Å². The van der Waals surface area contributed by atoms with Gasteiger partial charge in [0.05, 0.1) is 60.7 Å². The Morgan fingerprint density at radius 2 is 0.808 bits per heavy atom. The zero-order valence-corrected chi connectivity index (χ0v) is 51.1. The summed E-state index contributed by atoms with van der Waals surface area (Å²) in [6, 6.07) is 53.9. The number of halogens is 2. The van der Waals surface area contributed by atoms with Gasteiger partial charge in [-0.15, -0.1) is 0 Å². The van der Waals surface area contributed by atoms with E-state index in [4.69, 9.17) is 40.5 Å². The lowest BCUT2D eigenvalue weighted by Crippen LogP contribution is -2.16. The molecule has 0 saturated carbocycles. The Kier molecular flexibility index (Phi) is 22.2. The zero-order chi connectivity index (χ0) is 57.3. The molecule has 78 heavy (non-hydrogen) atoms. The van der Waals surface area contributed by atoms with Crippen molar-refractivity contribution in [3.63, 3.8) is 0 Å². The molecule has 414 valence electrons. The van der Waals surface area contributed by atoms with E-state index in [0.29, 0.717) is 30.4 Å². The van der Waals surface area contributed by atoms with Crippen LogP contribution in [0, 0.1) is 38.4 Å². The maximum absolute atomic E-state index is 8.68. The highest BCUT2D eigenvalue weighted by atomic mass is 79.9. The molecular weight excluding hydrogens is 1050 g/mol. The van der Waals surface area contributed by atoms with E-state index in [0.717, 1.165) is 63.0 Å². The average Bonchev–Trinajstić information content (AvgIpc) is 3.97. The number of aromatic amines is 2. The van der Waals surface area contributed by atoms with Crippen LogP contribution in [0.1, 0.15) is 109 Å². The molecule has 0 fully saturated rings. The van der Waals surface area contributed by atoms with E-state index in [-0.39, 0.29) is 27.1 Å². The van der Waals surface area contributed by atoms with E-state index in [2.05, 4.69) is 196 Å². The van der Waals surface area contributed by atoms with Crippen LogP contribution < -0.4 is 23.7 Å². The van der Waals surface area contributed by atoms with Crippen LogP contribution in [0.3, 0.4) is 0 Å². The lowest BCUT2D eigenvalue weighted by molar-refractivity contribution is 0.198. The first-order valence-corrected chi connectivity index (χ1v) is 27.9. The molecule has 0 amide bonds. The van der Waals surface area contributed by atoms with Gasteiger partial charge in [-0.2, -0.15) is 5.26 Å². The molecule has 9 rings (SSSR count). The van der Waals surface area contributed by atoms with Crippen molar-refractivity contribution in [1.82, 2.24) is 9.97 Å². The number of nitrogens with one attached hydrogen (secondary N) is 2. The van der Waals surface area contributed by atoms with Gasteiger partial charge in [0.2, 0.25) is 0 Å². The summed E-state index contributed by atoms with van der Waals surface area (Å²) in [4.78, 5) is 6.87. The second kappa shape index (κ2) is 27.8. The first-order valence-electron chi connectivity index (χ1n) is 26.7. The van der Waals surface area contributed by atoms with Crippen molar-refractivity contribution in [2.24, 2.45) is 27.1 Å². The van der Waals surface area contributed by atoms with Crippen LogP contribution in [0.2, 0.25) is 5.02 Å². The van der Waals surface area contributed by atoms with E-state index in [1.807, 2.05) is 84.9 Å². The first-order chi connectivity index (χ1) is 36.5. The second-order valence-electron chi connectivity index (χ2n) is 25.5. The molecule has 10 heteroatoms. The van der Waals surface area contributed by atoms with Gasteiger partial charge in [0.25, 0.3) is 0 Å². The van der Waals surface area contributed by atoms with Crippen LogP contribution in [0.5, 0.6) is 28.7 Å². The Morgan fingerprint density at radius 3 is 1.36 bits per heavy atom. The highest BCUT2D eigenvalue weighted by Gasteiger charge is 2.17. The van der Waals surface area contributed by atoms with Gasteiger partial charge in [-0.05, 0) is 112 Å². The number of para-hydroxylation sites is 3. The molecule has 2 aromatic heterocycles. The normalized spacial score (nSPS) is 11.6. The SMILES string of the molecule is CC(C)(C)COc1ccc2c(c1)[nH]c1ccccc12.CC(C)(C)COc1cccc(Br)c1.CC(C)(C)COc1cccc(C#N)c1.CC(C)(C)COc1cccc2[nH]c3ccccc3c12.CC(C)(C)COc1ccccc1Cl. The predicted octanol–water partition coefficient (Wildman–Crippen LogP) is 20.1. The average molecular weight is 1140 g/mol. The van der Waals surface area contributed by atoms with Crippen LogP contribution in [0.25, 0.3) is 43.6 Å². The minimum atomic E-state index is 0.142. The standard InChI is InChI=1S/2C17H19NO.C12H15NO.C11H15BrO.C11H15ClO/c1-17(2,3)11-19-15-10-6-9-14-16(15)12-7-4-5-8-13(12)18-14;1-17(2,3)11-19-12-8-9-14-13-6-4-5-7-15(13)18-16(14)10-12;1-12(2,3)9-14-11-6-4-5-10(7-11)8-13;1-11(2,3)8-13-10-6-4-5-9(12)7-10;1-11(2,3)8-13-10-7-5-4-6-9(10)12/h2*4-10,18H,11H2,1-3H3;4-7H,9H2,1-3H3;2*4-7H,8H2,1-3H3. The summed E-state index contributed by atoms with van der Waals surface area (Å²) in [5.74, 6) is 4.33. The van der Waals surface area contributed by atoms with E-state index in [1.54, 1.807) is 12.1 Å². The molecule has 0 atom stereocenters. The number of fused-ring (bicyclic) bond motifs is 6. The molecule has 0 radical (unpaired) electrons. The van der Waals surface area contributed by atoms with Crippen molar-refractivity contribution in [2.75, 3.05) is 33.0 Å². The molecule has 9 aromatic rings. The number of H-pyrrole nitrogens is 2. The fourth-order valence-corrected chi connectivity index (χ4v) is 7.74. The fraction of sp³-hybridized carbons (Fsp3) is 0.368. The van der Waals surface area contributed by atoms with Crippen LogP contribution in [0.4, 0.5) is 0 Å². The summed E-state index contributed by atoms with van der Waals surface area (Å²) in [6.45, 7) is 35.8. The molecule has 0 spiro atoms. The van der Waals surface area contributed by atoms with E-state index < -0.39 is 0 Å². The summed E-state index contributed by atoms with van der Waals surface area (Å²) < 4.78 is 29.7. The Bertz CT molecular complexity index is 3330. The largest absolute Gasteiger partial charge is 0.493 e. The van der Waals surface area contributed by atoms with Gasteiger partial charge in [0.1, 0.15) is 28.7 Å². The lowest BCUT2D eigenvalue weighted by Gasteiger charge is -2.19. The number of aromatic nitrogens is 2. The summed E-state index contributed by atoms with van der Waals surface area (Å²) in [5, 5.41) is 14.3. The van der Waals surface area contributed by atoms with E-state index in [1.165, 1.54) is 27.1 Å². The molecule has 0 aliphatic heterocycles. The first kappa shape index (κ1) is 62.2. The van der Waals surface area contributed by atoms with Crippen molar-refractivity contribution in [3.05, 3.63) is 173 Å². The zero-order valence-electron chi connectivity index (χ0n) is 48.8. The van der Waals surface area contributed by atoms with Gasteiger partial charge in [-0.1, -0.05) is 198 Å². The summed E-state index contributed by atoms with van der Waals surface area (Å²) in [6.07, 6.45) is 0. The van der Waals surface area contributed by atoms with Gasteiger partial charge in [-0.3, -0.25) is 0 Å².